The van der Waals surface area contributed by atoms with E-state index >= 15 is 0 Å². The first-order valence-electron chi connectivity index (χ1n) is 8.95. The van der Waals surface area contributed by atoms with Crippen molar-refractivity contribution in [2.24, 2.45) is 0 Å². The van der Waals surface area contributed by atoms with Crippen molar-refractivity contribution in [3.05, 3.63) is 109 Å². The van der Waals surface area contributed by atoms with Gasteiger partial charge in [-0.2, -0.15) is 0 Å². The van der Waals surface area contributed by atoms with Crippen molar-refractivity contribution in [3.8, 4) is 33.8 Å². The van der Waals surface area contributed by atoms with Crippen molar-refractivity contribution in [2.45, 2.75) is 0 Å². The molecule has 0 saturated carbocycles. The molecule has 27 heavy (non-hydrogen) atoms. The standard InChI is InChI=1S/C25H20O2/c1-3-9-20(10-4-1)22-13-7-15-24(17-22)26-19-27-25-16-8-14-23(18-25)21-11-5-2-6-12-21/h1-18H,19H2. The van der Waals surface area contributed by atoms with Crippen LogP contribution in [0.2, 0.25) is 0 Å². The van der Waals surface area contributed by atoms with Gasteiger partial charge in [0, 0.05) is 0 Å². The van der Waals surface area contributed by atoms with E-state index in [0.29, 0.717) is 0 Å². The fraction of sp³-hybridized carbons (Fsp3) is 0.0400. The molecule has 0 fully saturated rings. The van der Waals surface area contributed by atoms with Crippen LogP contribution >= 0.6 is 0 Å². The van der Waals surface area contributed by atoms with E-state index in [1.165, 1.54) is 11.1 Å². The van der Waals surface area contributed by atoms with Crippen LogP contribution in [0.3, 0.4) is 0 Å². The van der Waals surface area contributed by atoms with Crippen LogP contribution in [0, 0.1) is 0 Å². The van der Waals surface area contributed by atoms with Crippen molar-refractivity contribution in [1.82, 2.24) is 0 Å². The maximum atomic E-state index is 5.80. The van der Waals surface area contributed by atoms with E-state index in [-0.39, 0.29) is 6.79 Å². The van der Waals surface area contributed by atoms with Crippen molar-refractivity contribution in [3.63, 3.8) is 0 Å². The second-order valence-corrected chi connectivity index (χ2v) is 6.19. The van der Waals surface area contributed by atoms with Crippen LogP contribution in [-0.4, -0.2) is 6.79 Å². The predicted octanol–water partition coefficient (Wildman–Crippen LogP) is 6.44. The predicted molar refractivity (Wildman–Crippen MR) is 110 cm³/mol. The average Bonchev–Trinajstić information content (AvgIpc) is 2.75. The highest BCUT2D eigenvalue weighted by atomic mass is 16.7. The lowest BCUT2D eigenvalue weighted by Crippen LogP contribution is -2.05. The Balaban J connectivity index is 1.41. The summed E-state index contributed by atoms with van der Waals surface area (Å²) in [6.45, 7) is 0.163. The molecule has 4 aromatic carbocycles. The van der Waals surface area contributed by atoms with Gasteiger partial charge >= 0.3 is 0 Å². The topological polar surface area (TPSA) is 18.5 Å². The first kappa shape index (κ1) is 16.9. The van der Waals surface area contributed by atoms with Crippen LogP contribution in [-0.2, 0) is 0 Å². The SMILES string of the molecule is c1ccc(-c2cccc(OCOc3cccc(-c4ccccc4)c3)c2)cc1. The summed E-state index contributed by atoms with van der Waals surface area (Å²) in [5.74, 6) is 1.58. The average molecular weight is 352 g/mol. The molecule has 2 heteroatoms. The Morgan fingerprint density at radius 2 is 0.815 bits per heavy atom. The van der Waals surface area contributed by atoms with Gasteiger partial charge in [-0.15, -0.1) is 0 Å². The van der Waals surface area contributed by atoms with Crippen molar-refractivity contribution >= 4 is 0 Å². The zero-order valence-electron chi connectivity index (χ0n) is 14.9. The lowest BCUT2D eigenvalue weighted by molar-refractivity contribution is 0.120. The molecular formula is C25H20O2. The first-order chi connectivity index (χ1) is 13.4. The molecule has 0 aliphatic carbocycles. The lowest BCUT2D eigenvalue weighted by Gasteiger charge is -2.11. The second-order valence-electron chi connectivity index (χ2n) is 6.19. The number of rotatable bonds is 6. The molecule has 2 nitrogen and oxygen atoms in total. The fourth-order valence-corrected chi connectivity index (χ4v) is 2.96. The molecule has 0 heterocycles. The molecule has 0 radical (unpaired) electrons. The van der Waals surface area contributed by atoms with Gasteiger partial charge in [0.15, 0.2) is 0 Å². The van der Waals surface area contributed by atoms with Gasteiger partial charge in [-0.25, -0.2) is 0 Å². The van der Waals surface area contributed by atoms with Gasteiger partial charge < -0.3 is 9.47 Å². The Labute approximate surface area is 159 Å². The molecule has 0 atom stereocenters. The third-order valence-corrected chi connectivity index (χ3v) is 4.33. The smallest absolute Gasteiger partial charge is 0.230 e. The molecule has 0 aromatic heterocycles. The van der Waals surface area contributed by atoms with Crippen LogP contribution in [0.15, 0.2) is 109 Å². The van der Waals surface area contributed by atoms with E-state index in [9.17, 15) is 0 Å². The summed E-state index contributed by atoms with van der Waals surface area (Å²) in [6.07, 6.45) is 0. The summed E-state index contributed by atoms with van der Waals surface area (Å²) in [5, 5.41) is 0. The highest BCUT2D eigenvalue weighted by Crippen LogP contribution is 2.25. The van der Waals surface area contributed by atoms with E-state index in [4.69, 9.17) is 9.47 Å². The summed E-state index contributed by atoms with van der Waals surface area (Å²) in [6, 6.07) is 36.6. The van der Waals surface area contributed by atoms with E-state index in [1.54, 1.807) is 0 Å². The van der Waals surface area contributed by atoms with Gasteiger partial charge in [0.05, 0.1) is 0 Å². The normalized spacial score (nSPS) is 10.4. The van der Waals surface area contributed by atoms with Crippen LogP contribution in [0.1, 0.15) is 0 Å². The summed E-state index contributed by atoms with van der Waals surface area (Å²) in [7, 11) is 0. The highest BCUT2D eigenvalue weighted by Gasteiger charge is 2.02. The fourth-order valence-electron chi connectivity index (χ4n) is 2.96. The Kier molecular flexibility index (Phi) is 5.16. The highest BCUT2D eigenvalue weighted by molar-refractivity contribution is 5.65. The molecule has 0 aliphatic rings. The van der Waals surface area contributed by atoms with Crippen LogP contribution in [0.25, 0.3) is 22.3 Å². The number of ether oxygens (including phenoxy) is 2. The maximum absolute atomic E-state index is 5.80. The molecule has 4 aromatic rings. The van der Waals surface area contributed by atoms with Gasteiger partial charge in [-0.05, 0) is 46.5 Å². The van der Waals surface area contributed by atoms with E-state index < -0.39 is 0 Å². The molecule has 0 N–H and O–H groups in total. The van der Waals surface area contributed by atoms with Crippen LogP contribution in [0.5, 0.6) is 11.5 Å². The Morgan fingerprint density at radius 3 is 1.26 bits per heavy atom. The monoisotopic (exact) mass is 352 g/mol. The Hall–Kier alpha value is -3.52. The zero-order chi connectivity index (χ0) is 18.3. The van der Waals surface area contributed by atoms with Crippen molar-refractivity contribution in [1.29, 1.82) is 0 Å². The number of benzene rings is 4. The quantitative estimate of drug-likeness (QED) is 0.372. The maximum Gasteiger partial charge on any atom is 0.230 e. The third-order valence-electron chi connectivity index (χ3n) is 4.33. The van der Waals surface area contributed by atoms with Gasteiger partial charge in [-0.3, -0.25) is 0 Å². The van der Waals surface area contributed by atoms with Gasteiger partial charge in [0.2, 0.25) is 6.79 Å². The van der Waals surface area contributed by atoms with E-state index in [0.717, 1.165) is 22.6 Å². The van der Waals surface area contributed by atoms with Gasteiger partial charge in [0.25, 0.3) is 0 Å². The number of hydrogen-bond acceptors (Lipinski definition) is 2. The largest absolute Gasteiger partial charge is 0.457 e. The van der Waals surface area contributed by atoms with Gasteiger partial charge in [0.1, 0.15) is 11.5 Å². The minimum atomic E-state index is 0.163. The van der Waals surface area contributed by atoms with Crippen LogP contribution in [0.4, 0.5) is 0 Å². The molecule has 0 spiro atoms. The van der Waals surface area contributed by atoms with Gasteiger partial charge in [-0.1, -0.05) is 84.9 Å². The summed E-state index contributed by atoms with van der Waals surface area (Å²) in [4.78, 5) is 0. The Morgan fingerprint density at radius 1 is 0.407 bits per heavy atom. The van der Waals surface area contributed by atoms with E-state index in [1.807, 2.05) is 72.8 Å². The van der Waals surface area contributed by atoms with Crippen LogP contribution < -0.4 is 9.47 Å². The molecule has 4 rings (SSSR count). The first-order valence-corrected chi connectivity index (χ1v) is 8.95. The Bertz CT molecular complexity index is 912. The molecule has 132 valence electrons. The van der Waals surface area contributed by atoms with Crippen molar-refractivity contribution < 1.29 is 9.47 Å². The minimum absolute atomic E-state index is 0.163. The third kappa shape index (κ3) is 4.36. The summed E-state index contributed by atoms with van der Waals surface area (Å²) in [5.41, 5.74) is 4.58. The lowest BCUT2D eigenvalue weighted by atomic mass is 10.1. The molecule has 0 aliphatic heterocycles. The summed E-state index contributed by atoms with van der Waals surface area (Å²) < 4.78 is 11.6. The second kappa shape index (κ2) is 8.24. The summed E-state index contributed by atoms with van der Waals surface area (Å²) >= 11 is 0. The minimum Gasteiger partial charge on any atom is -0.457 e. The zero-order valence-corrected chi connectivity index (χ0v) is 14.9. The number of hydrogen-bond donors (Lipinski definition) is 0. The molecule has 0 unspecified atom stereocenters. The van der Waals surface area contributed by atoms with E-state index in [2.05, 4.69) is 36.4 Å². The molecule has 0 bridgehead atoms. The molecule has 0 saturated heterocycles. The molecular weight excluding hydrogens is 332 g/mol. The molecule has 0 amide bonds. The van der Waals surface area contributed by atoms with Crippen molar-refractivity contribution in [2.75, 3.05) is 6.79 Å².